The molecule has 0 bridgehead atoms. The zero-order valence-corrected chi connectivity index (χ0v) is 11.1. The number of nitrogens with two attached hydrogens (primary N) is 1. The van der Waals surface area contributed by atoms with E-state index in [9.17, 15) is 0 Å². The highest BCUT2D eigenvalue weighted by Gasteiger charge is 2.30. The highest BCUT2D eigenvalue weighted by Crippen LogP contribution is 2.37. The van der Waals surface area contributed by atoms with Crippen molar-refractivity contribution in [3.8, 4) is 5.75 Å². The second kappa shape index (κ2) is 4.90. The van der Waals surface area contributed by atoms with E-state index in [0.29, 0.717) is 12.1 Å². The number of aryl methyl sites for hydroxylation is 1. The van der Waals surface area contributed by atoms with Crippen molar-refractivity contribution in [2.45, 2.75) is 37.8 Å². The van der Waals surface area contributed by atoms with Gasteiger partial charge in [-0.15, -0.1) is 0 Å². The Balaban J connectivity index is 1.87. The molecule has 2 atom stereocenters. The molecule has 2 aliphatic rings. The van der Waals surface area contributed by atoms with E-state index < -0.39 is 0 Å². The Labute approximate surface area is 109 Å². The Morgan fingerprint density at radius 2 is 2.22 bits per heavy atom. The molecular formula is C15H22N2O. The first-order chi connectivity index (χ1) is 8.78. The van der Waals surface area contributed by atoms with Crippen LogP contribution in [0.15, 0.2) is 18.2 Å². The van der Waals surface area contributed by atoms with Crippen molar-refractivity contribution in [1.82, 2.24) is 4.90 Å². The fourth-order valence-electron chi connectivity index (χ4n) is 3.37. The van der Waals surface area contributed by atoms with Crippen LogP contribution in [0.25, 0.3) is 0 Å². The minimum atomic E-state index is 0.369. The number of hydrogen-bond donors (Lipinski definition) is 1. The fourth-order valence-corrected chi connectivity index (χ4v) is 3.37. The van der Waals surface area contributed by atoms with Gasteiger partial charge in [-0.3, -0.25) is 4.90 Å². The van der Waals surface area contributed by atoms with Crippen LogP contribution in [0.2, 0.25) is 0 Å². The van der Waals surface area contributed by atoms with Crippen LogP contribution in [0.1, 0.15) is 36.4 Å². The third-order valence-electron chi connectivity index (χ3n) is 4.33. The van der Waals surface area contributed by atoms with Crippen molar-refractivity contribution >= 4 is 0 Å². The second-order valence-corrected chi connectivity index (χ2v) is 5.52. The number of benzene rings is 1. The molecule has 3 rings (SSSR count). The summed E-state index contributed by atoms with van der Waals surface area (Å²) < 4.78 is 5.32. The van der Waals surface area contributed by atoms with Crippen LogP contribution >= 0.6 is 0 Å². The number of methoxy groups -OCH3 is 1. The van der Waals surface area contributed by atoms with Crippen LogP contribution < -0.4 is 10.5 Å². The Hall–Kier alpha value is -1.06. The van der Waals surface area contributed by atoms with Gasteiger partial charge in [-0.1, -0.05) is 6.07 Å². The van der Waals surface area contributed by atoms with Crippen molar-refractivity contribution in [2.75, 3.05) is 20.2 Å². The molecule has 1 aliphatic heterocycles. The maximum Gasteiger partial charge on any atom is 0.119 e. The molecular weight excluding hydrogens is 224 g/mol. The Morgan fingerprint density at radius 3 is 2.94 bits per heavy atom. The topological polar surface area (TPSA) is 38.5 Å². The summed E-state index contributed by atoms with van der Waals surface area (Å²) in [7, 11) is 1.74. The number of nitrogens with zero attached hydrogens (tertiary/aromatic N) is 1. The molecule has 3 heteroatoms. The Morgan fingerprint density at radius 1 is 1.33 bits per heavy atom. The van der Waals surface area contributed by atoms with Crippen LogP contribution in [0.4, 0.5) is 0 Å². The van der Waals surface area contributed by atoms with E-state index in [-0.39, 0.29) is 0 Å². The second-order valence-electron chi connectivity index (χ2n) is 5.52. The van der Waals surface area contributed by atoms with Gasteiger partial charge >= 0.3 is 0 Å². The van der Waals surface area contributed by atoms with E-state index in [0.717, 1.165) is 25.3 Å². The lowest BCUT2D eigenvalue weighted by Gasteiger charge is -2.33. The van der Waals surface area contributed by atoms with Gasteiger partial charge in [-0.25, -0.2) is 0 Å². The summed E-state index contributed by atoms with van der Waals surface area (Å²) >= 11 is 0. The largest absolute Gasteiger partial charge is 0.497 e. The number of hydrogen-bond acceptors (Lipinski definition) is 3. The molecule has 1 aromatic carbocycles. The highest BCUT2D eigenvalue weighted by atomic mass is 16.5. The minimum Gasteiger partial charge on any atom is -0.497 e. The van der Waals surface area contributed by atoms with Crippen molar-refractivity contribution in [3.63, 3.8) is 0 Å². The quantitative estimate of drug-likeness (QED) is 0.868. The predicted molar refractivity (Wildman–Crippen MR) is 72.8 cm³/mol. The van der Waals surface area contributed by atoms with E-state index in [1.165, 1.54) is 30.4 Å². The van der Waals surface area contributed by atoms with Crippen LogP contribution in [-0.4, -0.2) is 31.1 Å². The summed E-state index contributed by atoms with van der Waals surface area (Å²) in [6.07, 6.45) is 4.87. The van der Waals surface area contributed by atoms with Crippen LogP contribution in [0, 0.1) is 0 Å². The summed E-state index contributed by atoms with van der Waals surface area (Å²) in [6.45, 7) is 2.20. The lowest BCUT2D eigenvalue weighted by Crippen LogP contribution is -2.32. The fraction of sp³-hybridized carbons (Fsp3) is 0.600. The normalized spacial score (nSPS) is 28.1. The summed E-state index contributed by atoms with van der Waals surface area (Å²) in [6, 6.07) is 7.49. The maximum absolute atomic E-state index is 6.04. The molecule has 0 amide bonds. The standard InChI is InChI=1S/C15H22N2O/c1-18-13-5-6-14-11(9-13)3-2-4-15(14)17-8-7-12(16)10-17/h5-6,9,12,15H,2-4,7-8,10,16H2,1H3. The molecule has 1 saturated heterocycles. The average molecular weight is 246 g/mol. The van der Waals surface area contributed by atoms with Crippen molar-refractivity contribution < 1.29 is 4.74 Å². The van der Waals surface area contributed by atoms with Crippen LogP contribution in [0.5, 0.6) is 5.75 Å². The molecule has 2 N–H and O–H groups in total. The first kappa shape index (κ1) is 12.0. The van der Waals surface area contributed by atoms with Gasteiger partial charge in [0.1, 0.15) is 5.75 Å². The molecule has 18 heavy (non-hydrogen) atoms. The molecule has 1 aromatic rings. The van der Waals surface area contributed by atoms with Gasteiger partial charge in [-0.2, -0.15) is 0 Å². The van der Waals surface area contributed by atoms with Gasteiger partial charge in [0.15, 0.2) is 0 Å². The van der Waals surface area contributed by atoms with Crippen molar-refractivity contribution in [1.29, 1.82) is 0 Å². The molecule has 1 fully saturated rings. The molecule has 0 saturated carbocycles. The lowest BCUT2D eigenvalue weighted by atomic mass is 9.86. The van der Waals surface area contributed by atoms with Gasteiger partial charge in [0.05, 0.1) is 7.11 Å². The molecule has 0 aromatic heterocycles. The van der Waals surface area contributed by atoms with Gasteiger partial charge in [0.25, 0.3) is 0 Å². The maximum atomic E-state index is 6.04. The van der Waals surface area contributed by atoms with Gasteiger partial charge < -0.3 is 10.5 Å². The molecule has 2 unspecified atom stereocenters. The smallest absolute Gasteiger partial charge is 0.119 e. The Bertz CT molecular complexity index is 433. The third-order valence-corrected chi connectivity index (χ3v) is 4.33. The van der Waals surface area contributed by atoms with Crippen molar-refractivity contribution in [2.24, 2.45) is 5.73 Å². The zero-order chi connectivity index (χ0) is 12.5. The van der Waals surface area contributed by atoms with E-state index in [1.807, 2.05) is 0 Å². The van der Waals surface area contributed by atoms with Crippen LogP contribution in [0.3, 0.4) is 0 Å². The highest BCUT2D eigenvalue weighted by molar-refractivity contribution is 5.39. The average Bonchev–Trinajstić information content (AvgIpc) is 2.84. The number of rotatable bonds is 2. The summed E-state index contributed by atoms with van der Waals surface area (Å²) in [5.41, 5.74) is 9.00. The van der Waals surface area contributed by atoms with Crippen molar-refractivity contribution in [3.05, 3.63) is 29.3 Å². The molecule has 1 heterocycles. The number of likely N-dealkylation sites (tertiary alicyclic amines) is 1. The SMILES string of the molecule is COc1ccc2c(c1)CCCC2N1CCC(N)C1. The molecule has 98 valence electrons. The zero-order valence-electron chi connectivity index (χ0n) is 11.1. The van der Waals surface area contributed by atoms with Gasteiger partial charge in [0, 0.05) is 25.2 Å². The van der Waals surface area contributed by atoms with E-state index in [1.54, 1.807) is 7.11 Å². The monoisotopic (exact) mass is 246 g/mol. The first-order valence-corrected chi connectivity index (χ1v) is 6.94. The van der Waals surface area contributed by atoms with E-state index >= 15 is 0 Å². The predicted octanol–water partition coefficient (Wildman–Crippen LogP) is 2.11. The summed E-state index contributed by atoms with van der Waals surface area (Å²) in [4.78, 5) is 2.56. The van der Waals surface area contributed by atoms with Crippen LogP contribution in [-0.2, 0) is 6.42 Å². The molecule has 1 aliphatic carbocycles. The number of fused-ring (bicyclic) bond motifs is 1. The van der Waals surface area contributed by atoms with Gasteiger partial charge in [0.2, 0.25) is 0 Å². The molecule has 0 spiro atoms. The Kier molecular flexibility index (Phi) is 3.27. The first-order valence-electron chi connectivity index (χ1n) is 6.94. The third kappa shape index (κ3) is 2.13. The van der Waals surface area contributed by atoms with E-state index in [2.05, 4.69) is 23.1 Å². The molecule has 0 radical (unpaired) electrons. The number of ether oxygens (including phenoxy) is 1. The summed E-state index contributed by atoms with van der Waals surface area (Å²) in [5.74, 6) is 0.979. The van der Waals surface area contributed by atoms with E-state index in [4.69, 9.17) is 10.5 Å². The minimum absolute atomic E-state index is 0.369. The summed E-state index contributed by atoms with van der Waals surface area (Å²) in [5, 5.41) is 0. The lowest BCUT2D eigenvalue weighted by molar-refractivity contribution is 0.219. The van der Waals surface area contributed by atoms with Gasteiger partial charge in [-0.05, 0) is 48.9 Å². The molecule has 3 nitrogen and oxygen atoms in total.